The molecule has 1 amide bonds. The van der Waals surface area contributed by atoms with Crippen LogP contribution in [0.5, 0.6) is 0 Å². The molecule has 0 unspecified atom stereocenters. The first-order valence-corrected chi connectivity index (χ1v) is 12.5. The molecule has 5 rings (SSSR count). The van der Waals surface area contributed by atoms with E-state index in [1.165, 1.54) is 24.1 Å². The Morgan fingerprint density at radius 2 is 1.67 bits per heavy atom. The van der Waals surface area contributed by atoms with Crippen LogP contribution in [0.4, 0.5) is 0 Å². The van der Waals surface area contributed by atoms with E-state index in [4.69, 9.17) is 4.98 Å². The van der Waals surface area contributed by atoms with E-state index in [0.717, 1.165) is 62.5 Å². The van der Waals surface area contributed by atoms with E-state index in [1.807, 2.05) is 6.07 Å². The van der Waals surface area contributed by atoms with Crippen molar-refractivity contribution >= 4 is 11.6 Å². The summed E-state index contributed by atoms with van der Waals surface area (Å²) in [6.07, 6.45) is 6.70. The van der Waals surface area contributed by atoms with E-state index >= 15 is 0 Å². The molecule has 0 bridgehead atoms. The maximum Gasteiger partial charge on any atom is 0.225 e. The van der Waals surface area contributed by atoms with Gasteiger partial charge in [0.15, 0.2) is 0 Å². The molecular weight excluding hydrogens is 408 g/mol. The minimum atomic E-state index is 0.135. The largest absolute Gasteiger partial charge is 0.340 e. The lowest BCUT2D eigenvalue weighted by Crippen LogP contribution is -2.49. The van der Waals surface area contributed by atoms with E-state index in [9.17, 15) is 4.79 Å². The minimum Gasteiger partial charge on any atom is -0.340 e. The van der Waals surface area contributed by atoms with Crippen LogP contribution in [0.1, 0.15) is 57.7 Å². The molecule has 1 saturated carbocycles. The summed E-state index contributed by atoms with van der Waals surface area (Å²) in [6.45, 7) is 11.1. The van der Waals surface area contributed by atoms with E-state index in [-0.39, 0.29) is 11.3 Å². The number of rotatable bonds is 4. The lowest BCUT2D eigenvalue weighted by molar-refractivity contribution is -0.137. The van der Waals surface area contributed by atoms with Gasteiger partial charge in [0, 0.05) is 50.4 Å². The van der Waals surface area contributed by atoms with Crippen LogP contribution in [0.15, 0.2) is 48.7 Å². The fourth-order valence-corrected chi connectivity index (χ4v) is 5.33. The van der Waals surface area contributed by atoms with Gasteiger partial charge in [-0.1, -0.05) is 63.9 Å². The summed E-state index contributed by atoms with van der Waals surface area (Å²) < 4.78 is 2.23. The van der Waals surface area contributed by atoms with Gasteiger partial charge in [-0.2, -0.15) is 0 Å². The number of carbonyl (C=O) groups excluding carboxylic acids is 1. The van der Waals surface area contributed by atoms with E-state index in [2.05, 4.69) is 77.6 Å². The Morgan fingerprint density at radius 3 is 2.33 bits per heavy atom. The van der Waals surface area contributed by atoms with Crippen LogP contribution < -0.4 is 0 Å². The molecule has 0 N–H and O–H groups in total. The number of piperazine rings is 1. The number of carbonyl (C=O) groups is 1. The predicted molar refractivity (Wildman–Crippen MR) is 133 cm³/mol. The maximum atomic E-state index is 12.8. The Morgan fingerprint density at radius 1 is 0.970 bits per heavy atom. The number of amides is 1. The highest BCUT2D eigenvalue weighted by atomic mass is 16.2. The van der Waals surface area contributed by atoms with Crippen LogP contribution in [0.3, 0.4) is 0 Å². The molecule has 1 saturated heterocycles. The van der Waals surface area contributed by atoms with Crippen molar-refractivity contribution < 1.29 is 4.79 Å². The summed E-state index contributed by atoms with van der Waals surface area (Å²) in [4.78, 5) is 22.4. The second-order valence-electron chi connectivity index (χ2n) is 10.7. The first-order valence-electron chi connectivity index (χ1n) is 12.5. The van der Waals surface area contributed by atoms with Crippen LogP contribution >= 0.6 is 0 Å². The molecule has 3 aromatic rings. The van der Waals surface area contributed by atoms with Gasteiger partial charge in [0.05, 0.1) is 11.4 Å². The highest BCUT2D eigenvalue weighted by Gasteiger charge is 2.30. The third-order valence-corrected chi connectivity index (χ3v) is 7.41. The number of hydrogen-bond donors (Lipinski definition) is 0. The van der Waals surface area contributed by atoms with Crippen molar-refractivity contribution in [2.24, 2.45) is 5.92 Å². The second kappa shape index (κ2) is 8.94. The first kappa shape index (κ1) is 22.1. The van der Waals surface area contributed by atoms with Gasteiger partial charge < -0.3 is 9.30 Å². The molecule has 174 valence electrons. The van der Waals surface area contributed by atoms with Crippen molar-refractivity contribution in [3.63, 3.8) is 0 Å². The predicted octanol–water partition coefficient (Wildman–Crippen LogP) is 5.13. The highest BCUT2D eigenvalue weighted by Crippen LogP contribution is 2.30. The number of nitrogens with zero attached hydrogens (tertiary/aromatic N) is 4. The van der Waals surface area contributed by atoms with Crippen molar-refractivity contribution in [2.75, 3.05) is 26.2 Å². The van der Waals surface area contributed by atoms with E-state index < -0.39 is 0 Å². The molecule has 5 heteroatoms. The van der Waals surface area contributed by atoms with Gasteiger partial charge in [0.25, 0.3) is 0 Å². The third-order valence-electron chi connectivity index (χ3n) is 7.41. The molecule has 0 atom stereocenters. The number of aromatic nitrogens is 2. The van der Waals surface area contributed by atoms with E-state index in [0.29, 0.717) is 5.91 Å². The monoisotopic (exact) mass is 444 g/mol. The Bertz CT molecular complexity index is 1110. The van der Waals surface area contributed by atoms with Crippen LogP contribution in [0, 0.1) is 5.92 Å². The maximum absolute atomic E-state index is 12.8. The van der Waals surface area contributed by atoms with Gasteiger partial charge in [-0.25, -0.2) is 4.98 Å². The topological polar surface area (TPSA) is 40.9 Å². The van der Waals surface area contributed by atoms with Gasteiger partial charge >= 0.3 is 0 Å². The van der Waals surface area contributed by atoms with Gasteiger partial charge in [-0.15, -0.1) is 0 Å². The van der Waals surface area contributed by atoms with Gasteiger partial charge in [-0.05, 0) is 36.0 Å². The molecular formula is C28H36N4O. The van der Waals surface area contributed by atoms with Gasteiger partial charge in [0.2, 0.25) is 5.91 Å². The minimum absolute atomic E-state index is 0.135. The van der Waals surface area contributed by atoms with Crippen molar-refractivity contribution in [2.45, 2.75) is 58.4 Å². The number of hydrogen-bond acceptors (Lipinski definition) is 3. The molecule has 33 heavy (non-hydrogen) atoms. The zero-order valence-electron chi connectivity index (χ0n) is 20.3. The molecule has 5 nitrogen and oxygen atoms in total. The fraction of sp³-hybridized carbons (Fsp3) is 0.500. The zero-order chi connectivity index (χ0) is 23.0. The Kier molecular flexibility index (Phi) is 6.00. The number of benzene rings is 1. The molecule has 1 aliphatic carbocycles. The summed E-state index contributed by atoms with van der Waals surface area (Å²) in [6, 6.07) is 15.1. The SMILES string of the molecule is CC(C)(C)c1ccc(-c2nc3ccccn3c2CN2CCN(C(=O)C3CCCC3)CC2)cc1. The number of pyridine rings is 1. The molecule has 2 fully saturated rings. The molecule has 0 spiro atoms. The summed E-state index contributed by atoms with van der Waals surface area (Å²) in [7, 11) is 0. The van der Waals surface area contributed by atoms with Crippen molar-refractivity contribution in [1.82, 2.24) is 19.2 Å². The normalized spacial score (nSPS) is 18.3. The first-order chi connectivity index (χ1) is 15.9. The number of imidazole rings is 1. The lowest BCUT2D eigenvalue weighted by Gasteiger charge is -2.36. The third kappa shape index (κ3) is 4.56. The average molecular weight is 445 g/mol. The lowest BCUT2D eigenvalue weighted by atomic mass is 9.86. The Hall–Kier alpha value is -2.66. The second-order valence-corrected chi connectivity index (χ2v) is 10.7. The standard InChI is InChI=1S/C28H36N4O/c1-28(2,3)23-13-11-21(12-14-23)26-24(32-15-7-6-10-25(32)29-26)20-30-16-18-31(19-17-30)27(33)22-8-4-5-9-22/h6-7,10-15,22H,4-5,8-9,16-20H2,1-3H3. The molecule has 1 aromatic carbocycles. The Labute approximate surface area is 197 Å². The van der Waals surface area contributed by atoms with Gasteiger partial charge in [0.1, 0.15) is 5.65 Å². The van der Waals surface area contributed by atoms with E-state index in [1.54, 1.807) is 0 Å². The molecule has 2 aliphatic rings. The van der Waals surface area contributed by atoms with Crippen molar-refractivity contribution in [3.05, 3.63) is 59.9 Å². The summed E-state index contributed by atoms with van der Waals surface area (Å²) in [5.74, 6) is 0.666. The van der Waals surface area contributed by atoms with Crippen molar-refractivity contribution in [3.8, 4) is 11.3 Å². The zero-order valence-corrected chi connectivity index (χ0v) is 20.3. The molecule has 0 radical (unpaired) electrons. The summed E-state index contributed by atoms with van der Waals surface area (Å²) >= 11 is 0. The fourth-order valence-electron chi connectivity index (χ4n) is 5.33. The summed E-state index contributed by atoms with van der Waals surface area (Å²) in [5, 5.41) is 0. The summed E-state index contributed by atoms with van der Waals surface area (Å²) in [5.41, 5.74) is 5.90. The molecule has 3 heterocycles. The smallest absolute Gasteiger partial charge is 0.225 e. The molecule has 1 aliphatic heterocycles. The number of fused-ring (bicyclic) bond motifs is 1. The van der Waals surface area contributed by atoms with Crippen molar-refractivity contribution in [1.29, 1.82) is 0 Å². The average Bonchev–Trinajstić information content (AvgIpc) is 3.48. The highest BCUT2D eigenvalue weighted by molar-refractivity contribution is 5.79. The van der Waals surface area contributed by atoms with Crippen LogP contribution in [0.25, 0.3) is 16.9 Å². The quantitative estimate of drug-likeness (QED) is 0.560. The van der Waals surface area contributed by atoms with Gasteiger partial charge in [-0.3, -0.25) is 9.69 Å². The molecule has 2 aromatic heterocycles. The Balaban J connectivity index is 1.36. The van der Waals surface area contributed by atoms with Crippen LogP contribution in [0.2, 0.25) is 0 Å². The van der Waals surface area contributed by atoms with Crippen LogP contribution in [-0.2, 0) is 16.8 Å². The van der Waals surface area contributed by atoms with Crippen LogP contribution in [-0.4, -0.2) is 51.3 Å².